The van der Waals surface area contributed by atoms with Crippen LogP contribution in [-0.4, -0.2) is 65.1 Å². The van der Waals surface area contributed by atoms with Gasteiger partial charge in [-0.2, -0.15) is 5.10 Å². The Morgan fingerprint density at radius 2 is 1.97 bits per heavy atom. The maximum Gasteiger partial charge on any atom is 0.260 e. The Morgan fingerprint density at radius 3 is 2.61 bits per heavy atom. The van der Waals surface area contributed by atoms with Gasteiger partial charge in [-0.1, -0.05) is 11.6 Å². The molecule has 0 spiro atoms. The molecule has 0 radical (unpaired) electrons. The molecule has 2 aromatic carbocycles. The van der Waals surface area contributed by atoms with E-state index < -0.39 is 22.5 Å². The van der Waals surface area contributed by atoms with Crippen molar-refractivity contribution in [3.8, 4) is 5.75 Å². The average molecular weight is 537 g/mol. The van der Waals surface area contributed by atoms with Crippen LogP contribution >= 0.6 is 11.6 Å². The lowest BCUT2D eigenvalue weighted by Crippen LogP contribution is -2.39. The van der Waals surface area contributed by atoms with Crippen LogP contribution in [0.4, 0.5) is 5.69 Å². The minimum atomic E-state index is -3.72. The number of anilines is 1. The van der Waals surface area contributed by atoms with Crippen molar-refractivity contribution in [2.24, 2.45) is 5.10 Å². The van der Waals surface area contributed by atoms with Gasteiger partial charge in [0, 0.05) is 18.2 Å². The molecule has 1 fully saturated rings. The Labute approximate surface area is 215 Å². The molecule has 1 aliphatic heterocycles. The first kappa shape index (κ1) is 27.4. The van der Waals surface area contributed by atoms with E-state index in [-0.39, 0.29) is 18.6 Å². The summed E-state index contributed by atoms with van der Waals surface area (Å²) in [6, 6.07) is 11.5. The van der Waals surface area contributed by atoms with E-state index in [0.29, 0.717) is 34.1 Å². The molecule has 1 heterocycles. The van der Waals surface area contributed by atoms with Gasteiger partial charge in [0.15, 0.2) is 6.61 Å². The normalized spacial score (nSPS) is 15.6. The van der Waals surface area contributed by atoms with Crippen LogP contribution in [0.1, 0.15) is 24.0 Å². The molecule has 0 bridgehead atoms. The predicted octanol–water partition coefficient (Wildman–Crippen LogP) is 2.24. The molecule has 2 N–H and O–H groups in total. The van der Waals surface area contributed by atoms with Crippen molar-refractivity contribution in [3.63, 3.8) is 0 Å². The van der Waals surface area contributed by atoms with Gasteiger partial charge in [-0.15, -0.1) is 0 Å². The minimum Gasteiger partial charge on any atom is -0.484 e. The summed E-state index contributed by atoms with van der Waals surface area (Å²) in [7, 11) is -3.72. The third-order valence-corrected chi connectivity index (χ3v) is 6.68. The number of ether oxygens (including phenoxy) is 2. The number of halogens is 1. The van der Waals surface area contributed by atoms with E-state index in [1.807, 2.05) is 0 Å². The van der Waals surface area contributed by atoms with Gasteiger partial charge in [-0.05, 0) is 73.4 Å². The van der Waals surface area contributed by atoms with E-state index in [4.69, 9.17) is 21.1 Å². The first-order valence-electron chi connectivity index (χ1n) is 11.3. The summed E-state index contributed by atoms with van der Waals surface area (Å²) < 4.78 is 36.4. The van der Waals surface area contributed by atoms with Gasteiger partial charge >= 0.3 is 0 Å². The Morgan fingerprint density at radius 1 is 1.22 bits per heavy atom. The Kier molecular flexibility index (Phi) is 9.68. The van der Waals surface area contributed by atoms with Crippen molar-refractivity contribution < 1.29 is 27.5 Å². The van der Waals surface area contributed by atoms with Crippen LogP contribution < -0.4 is 19.8 Å². The van der Waals surface area contributed by atoms with Crippen LogP contribution in [0.3, 0.4) is 0 Å². The first-order chi connectivity index (χ1) is 17.1. The lowest BCUT2D eigenvalue weighted by molar-refractivity contribution is -0.123. The second kappa shape index (κ2) is 12.7. The molecule has 0 saturated carbocycles. The topological polar surface area (TPSA) is 126 Å². The zero-order chi connectivity index (χ0) is 26.1. The fourth-order valence-corrected chi connectivity index (χ4v) is 4.65. The molecule has 1 atom stereocenters. The third-order valence-electron chi connectivity index (χ3n) is 5.32. The monoisotopic (exact) mass is 536 g/mol. The van der Waals surface area contributed by atoms with Crippen molar-refractivity contribution in [1.29, 1.82) is 0 Å². The molecule has 0 aromatic heterocycles. The predicted molar refractivity (Wildman–Crippen MR) is 138 cm³/mol. The molecule has 12 heteroatoms. The number of nitrogens with zero attached hydrogens (tertiary/aromatic N) is 2. The maximum atomic E-state index is 12.4. The third kappa shape index (κ3) is 8.51. The number of hydrogen-bond donors (Lipinski definition) is 2. The zero-order valence-electron chi connectivity index (χ0n) is 20.1. The minimum absolute atomic E-state index is 0.0732. The van der Waals surface area contributed by atoms with Crippen molar-refractivity contribution >= 4 is 45.3 Å². The number of sulfonamides is 1. The van der Waals surface area contributed by atoms with Gasteiger partial charge in [0.1, 0.15) is 12.3 Å². The van der Waals surface area contributed by atoms with Gasteiger partial charge in [0.25, 0.3) is 11.8 Å². The average Bonchev–Trinajstić information content (AvgIpc) is 3.34. The highest BCUT2D eigenvalue weighted by atomic mass is 35.5. The van der Waals surface area contributed by atoms with Crippen molar-refractivity contribution in [2.75, 3.05) is 36.9 Å². The molecule has 194 valence electrons. The summed E-state index contributed by atoms with van der Waals surface area (Å²) in [4.78, 5) is 24.3. The SMILES string of the molecule is Cc1cc(Cl)ccc1N(CC(=O)N/N=C\c1ccc(OCC(=O)NC[C@H]2CCCO2)cc1)S(C)(=O)=O. The van der Waals surface area contributed by atoms with Crippen molar-refractivity contribution in [3.05, 3.63) is 58.6 Å². The van der Waals surface area contributed by atoms with Crippen LogP contribution in [0.5, 0.6) is 5.75 Å². The summed E-state index contributed by atoms with van der Waals surface area (Å²) in [5.74, 6) is -0.332. The molecule has 0 aliphatic carbocycles. The van der Waals surface area contributed by atoms with E-state index in [2.05, 4.69) is 15.8 Å². The van der Waals surface area contributed by atoms with Crippen LogP contribution in [-0.2, 0) is 24.3 Å². The molecule has 36 heavy (non-hydrogen) atoms. The van der Waals surface area contributed by atoms with E-state index in [9.17, 15) is 18.0 Å². The van der Waals surface area contributed by atoms with Crippen molar-refractivity contribution in [2.45, 2.75) is 25.9 Å². The quantitative estimate of drug-likeness (QED) is 0.335. The van der Waals surface area contributed by atoms with Gasteiger partial charge in [0.2, 0.25) is 10.0 Å². The fourth-order valence-electron chi connectivity index (χ4n) is 3.51. The summed E-state index contributed by atoms with van der Waals surface area (Å²) in [6.07, 6.45) is 4.47. The van der Waals surface area contributed by atoms with Gasteiger partial charge in [-0.25, -0.2) is 13.8 Å². The largest absolute Gasteiger partial charge is 0.484 e. The Hall–Kier alpha value is -3.15. The molecular weight excluding hydrogens is 508 g/mol. The molecule has 1 aliphatic rings. The number of carbonyl (C=O) groups excluding carboxylic acids is 2. The van der Waals surface area contributed by atoms with Gasteiger partial charge < -0.3 is 14.8 Å². The van der Waals surface area contributed by atoms with Gasteiger partial charge in [-0.3, -0.25) is 13.9 Å². The summed E-state index contributed by atoms with van der Waals surface area (Å²) in [5, 5.41) is 7.14. The number of benzene rings is 2. The summed E-state index contributed by atoms with van der Waals surface area (Å²) in [5.41, 5.74) is 3.97. The molecule has 3 rings (SSSR count). The standard InChI is InChI=1S/C24H29ClN4O6S/c1-17-12-19(25)7-10-22(17)29(36(2,32)33)15-23(30)28-27-13-18-5-8-20(9-6-18)35-16-24(31)26-14-21-4-3-11-34-21/h5-10,12-13,21H,3-4,11,14-16H2,1-2H3,(H,26,31)(H,28,30)/b27-13-/t21-/m1/s1. The number of amides is 2. The molecule has 2 amide bonds. The molecule has 10 nitrogen and oxygen atoms in total. The fraction of sp³-hybridized carbons (Fsp3) is 0.375. The van der Waals surface area contributed by atoms with E-state index in [1.54, 1.807) is 49.4 Å². The summed E-state index contributed by atoms with van der Waals surface area (Å²) in [6.45, 7) is 2.37. The second-order valence-corrected chi connectivity index (χ2v) is 10.6. The number of hydrogen-bond acceptors (Lipinski definition) is 7. The highest BCUT2D eigenvalue weighted by Gasteiger charge is 2.22. The van der Waals surface area contributed by atoms with Crippen LogP contribution in [0.2, 0.25) is 5.02 Å². The number of rotatable bonds is 11. The van der Waals surface area contributed by atoms with Crippen molar-refractivity contribution in [1.82, 2.24) is 10.7 Å². The number of aryl methyl sites for hydroxylation is 1. The van der Waals surface area contributed by atoms with E-state index in [1.165, 1.54) is 6.21 Å². The lowest BCUT2D eigenvalue weighted by Gasteiger charge is -2.23. The highest BCUT2D eigenvalue weighted by Crippen LogP contribution is 2.25. The van der Waals surface area contributed by atoms with E-state index >= 15 is 0 Å². The van der Waals surface area contributed by atoms with Gasteiger partial charge in [0.05, 0.1) is 24.3 Å². The number of hydrazone groups is 1. The van der Waals surface area contributed by atoms with Crippen LogP contribution in [0.15, 0.2) is 47.6 Å². The maximum absolute atomic E-state index is 12.4. The van der Waals surface area contributed by atoms with Crippen LogP contribution in [0.25, 0.3) is 0 Å². The number of carbonyl (C=O) groups is 2. The lowest BCUT2D eigenvalue weighted by atomic mass is 10.2. The second-order valence-electron chi connectivity index (χ2n) is 8.29. The van der Waals surface area contributed by atoms with E-state index in [0.717, 1.165) is 30.0 Å². The smallest absolute Gasteiger partial charge is 0.260 e. The van der Waals surface area contributed by atoms with Crippen LogP contribution in [0, 0.1) is 6.92 Å². The number of nitrogens with one attached hydrogen (secondary N) is 2. The molecular formula is C24H29ClN4O6S. The molecule has 0 unspecified atom stereocenters. The Balaban J connectivity index is 1.47. The highest BCUT2D eigenvalue weighted by molar-refractivity contribution is 7.92. The summed E-state index contributed by atoms with van der Waals surface area (Å²) >= 11 is 5.95. The zero-order valence-corrected chi connectivity index (χ0v) is 21.6. The molecule has 2 aromatic rings. The Bertz CT molecular complexity index is 1200. The first-order valence-corrected chi connectivity index (χ1v) is 13.5. The molecule has 1 saturated heterocycles.